The molecule has 1 aliphatic heterocycles. The molecule has 1 atom stereocenters. The van der Waals surface area contributed by atoms with Gasteiger partial charge in [-0.3, -0.25) is 14.4 Å². The third-order valence-corrected chi connectivity index (χ3v) is 3.18. The summed E-state index contributed by atoms with van der Waals surface area (Å²) in [7, 11) is 0. The van der Waals surface area contributed by atoms with Gasteiger partial charge in [-0.2, -0.15) is 0 Å². The number of Topliss-reactive ketones (excluding diaryl/α,β-unsaturated/α-hetero) is 1. The number of carbonyl (C=O) groups is 3. The maximum absolute atomic E-state index is 12.3. The molecule has 0 bridgehead atoms. The van der Waals surface area contributed by atoms with E-state index in [-0.39, 0.29) is 0 Å². The minimum atomic E-state index is -1.50. The van der Waals surface area contributed by atoms with Gasteiger partial charge in [-0.1, -0.05) is 37.3 Å². The van der Waals surface area contributed by atoms with Gasteiger partial charge in [0.15, 0.2) is 5.78 Å². The average Bonchev–Trinajstić information content (AvgIpc) is 2.36. The Hall–Kier alpha value is -2.17. The Morgan fingerprint density at radius 3 is 2.10 bits per heavy atom. The summed E-state index contributed by atoms with van der Waals surface area (Å²) in [5.41, 5.74) is 0.739. The highest BCUT2D eigenvalue weighted by molar-refractivity contribution is 6.17. The largest absolute Gasteiger partial charge is 0.422 e. The van der Waals surface area contributed by atoms with Crippen LogP contribution in [0.1, 0.15) is 32.3 Å². The van der Waals surface area contributed by atoms with Crippen molar-refractivity contribution in [3.8, 4) is 0 Å². The number of benzene rings is 1. The molecule has 1 unspecified atom stereocenters. The molecule has 0 aliphatic carbocycles. The maximum atomic E-state index is 12.3. The molecule has 20 heavy (non-hydrogen) atoms. The van der Waals surface area contributed by atoms with E-state index in [2.05, 4.69) is 0 Å². The molecule has 5 nitrogen and oxygen atoms in total. The Morgan fingerprint density at radius 2 is 1.60 bits per heavy atom. The first kappa shape index (κ1) is 14.2. The predicted octanol–water partition coefficient (Wildman–Crippen LogP) is 1.81. The number of rotatable bonds is 3. The van der Waals surface area contributed by atoms with Crippen molar-refractivity contribution in [2.75, 3.05) is 0 Å². The van der Waals surface area contributed by atoms with Crippen LogP contribution in [0, 0.1) is 5.92 Å². The summed E-state index contributed by atoms with van der Waals surface area (Å²) >= 11 is 0. The number of esters is 2. The number of cyclic esters (lactones) is 2. The molecule has 1 saturated heterocycles. The second kappa shape index (κ2) is 5.07. The van der Waals surface area contributed by atoms with Crippen molar-refractivity contribution < 1.29 is 23.9 Å². The first-order valence-electron chi connectivity index (χ1n) is 6.36. The minimum absolute atomic E-state index is 0.512. The zero-order valence-electron chi connectivity index (χ0n) is 11.6. The normalized spacial score (nSPS) is 19.9. The van der Waals surface area contributed by atoms with Crippen LogP contribution in [-0.4, -0.2) is 23.5 Å². The molecule has 2 rings (SSSR count). The van der Waals surface area contributed by atoms with E-state index in [4.69, 9.17) is 9.47 Å². The van der Waals surface area contributed by atoms with Gasteiger partial charge in [0, 0.05) is 19.8 Å². The lowest BCUT2D eigenvalue weighted by Crippen LogP contribution is -2.49. The Balaban J connectivity index is 2.21. The summed E-state index contributed by atoms with van der Waals surface area (Å²) in [5, 5.41) is 0. The first-order valence-corrected chi connectivity index (χ1v) is 6.36. The van der Waals surface area contributed by atoms with Crippen molar-refractivity contribution in [3.05, 3.63) is 35.9 Å². The number of ketones is 1. The van der Waals surface area contributed by atoms with Gasteiger partial charge in [0.05, 0.1) is 0 Å². The van der Waals surface area contributed by atoms with Gasteiger partial charge in [0.25, 0.3) is 5.79 Å². The molecule has 1 heterocycles. The SMILES string of the molecule is CC(C(=O)C1C(=O)OC(C)(C)OC1=O)c1ccccc1. The molecule has 5 heteroatoms. The summed E-state index contributed by atoms with van der Waals surface area (Å²) in [6.45, 7) is 4.55. The minimum Gasteiger partial charge on any atom is -0.422 e. The molecule has 1 aliphatic rings. The van der Waals surface area contributed by atoms with E-state index >= 15 is 0 Å². The van der Waals surface area contributed by atoms with Crippen LogP contribution < -0.4 is 0 Å². The van der Waals surface area contributed by atoms with Crippen molar-refractivity contribution in [2.24, 2.45) is 5.92 Å². The standard InChI is InChI=1S/C15H16O5/c1-9(10-7-5-4-6-8-10)12(16)11-13(17)19-15(2,3)20-14(11)18/h4-9,11H,1-3H3. The van der Waals surface area contributed by atoms with Crippen LogP contribution in [0.3, 0.4) is 0 Å². The van der Waals surface area contributed by atoms with Gasteiger partial charge >= 0.3 is 11.9 Å². The Morgan fingerprint density at radius 1 is 1.10 bits per heavy atom. The van der Waals surface area contributed by atoms with Gasteiger partial charge in [-0.15, -0.1) is 0 Å². The monoisotopic (exact) mass is 276 g/mol. The van der Waals surface area contributed by atoms with E-state index < -0.39 is 35.3 Å². The second-order valence-electron chi connectivity index (χ2n) is 5.21. The van der Waals surface area contributed by atoms with Crippen molar-refractivity contribution in [2.45, 2.75) is 32.5 Å². The van der Waals surface area contributed by atoms with Crippen LogP contribution in [0.4, 0.5) is 0 Å². The highest BCUT2D eigenvalue weighted by Gasteiger charge is 2.48. The summed E-state index contributed by atoms with van der Waals surface area (Å²) in [5.74, 6) is -5.61. The van der Waals surface area contributed by atoms with Gasteiger partial charge < -0.3 is 9.47 Å². The molecule has 106 valence electrons. The van der Waals surface area contributed by atoms with Crippen molar-refractivity contribution in [1.29, 1.82) is 0 Å². The molecular weight excluding hydrogens is 260 g/mol. The van der Waals surface area contributed by atoms with E-state index in [1.807, 2.05) is 6.07 Å². The molecule has 1 aromatic rings. The second-order valence-corrected chi connectivity index (χ2v) is 5.21. The number of hydrogen-bond acceptors (Lipinski definition) is 5. The smallest absolute Gasteiger partial charge is 0.331 e. The molecule has 0 aromatic heterocycles. The molecule has 0 spiro atoms. The zero-order valence-corrected chi connectivity index (χ0v) is 11.6. The van der Waals surface area contributed by atoms with Crippen LogP contribution in [0.5, 0.6) is 0 Å². The van der Waals surface area contributed by atoms with E-state index in [9.17, 15) is 14.4 Å². The summed E-state index contributed by atoms with van der Waals surface area (Å²) in [6, 6.07) is 8.95. The van der Waals surface area contributed by atoms with E-state index in [0.717, 1.165) is 5.56 Å². The third kappa shape index (κ3) is 2.71. The molecule has 0 radical (unpaired) electrons. The van der Waals surface area contributed by atoms with E-state index in [0.29, 0.717) is 0 Å². The topological polar surface area (TPSA) is 69.7 Å². The van der Waals surface area contributed by atoms with Crippen molar-refractivity contribution in [1.82, 2.24) is 0 Å². The lowest BCUT2D eigenvalue weighted by atomic mass is 9.88. The van der Waals surface area contributed by atoms with E-state index in [1.165, 1.54) is 13.8 Å². The molecule has 0 N–H and O–H groups in total. The number of ether oxygens (including phenoxy) is 2. The Bertz CT molecular complexity index is 527. The van der Waals surface area contributed by atoms with Gasteiger partial charge in [0.2, 0.25) is 5.92 Å². The quantitative estimate of drug-likeness (QED) is 0.622. The Kier molecular flexibility index (Phi) is 3.61. The number of hydrogen-bond donors (Lipinski definition) is 0. The van der Waals surface area contributed by atoms with Crippen LogP contribution in [0.15, 0.2) is 30.3 Å². The van der Waals surface area contributed by atoms with Crippen LogP contribution >= 0.6 is 0 Å². The first-order chi connectivity index (χ1) is 9.32. The fraction of sp³-hybridized carbons (Fsp3) is 0.400. The Labute approximate surface area is 116 Å². The predicted molar refractivity (Wildman–Crippen MR) is 69.6 cm³/mol. The van der Waals surface area contributed by atoms with Gasteiger partial charge in [-0.05, 0) is 5.56 Å². The lowest BCUT2D eigenvalue weighted by Gasteiger charge is -2.33. The average molecular weight is 276 g/mol. The summed E-state index contributed by atoms with van der Waals surface area (Å²) in [6.07, 6.45) is 0. The van der Waals surface area contributed by atoms with Crippen LogP contribution in [0.25, 0.3) is 0 Å². The molecule has 0 saturated carbocycles. The summed E-state index contributed by atoms with van der Waals surface area (Å²) < 4.78 is 9.92. The number of carbonyl (C=O) groups excluding carboxylic acids is 3. The fourth-order valence-corrected chi connectivity index (χ4v) is 2.11. The molecule has 1 fully saturated rings. The van der Waals surface area contributed by atoms with Crippen molar-refractivity contribution in [3.63, 3.8) is 0 Å². The maximum Gasteiger partial charge on any atom is 0.331 e. The summed E-state index contributed by atoms with van der Waals surface area (Å²) in [4.78, 5) is 36.0. The van der Waals surface area contributed by atoms with Crippen LogP contribution in [-0.2, 0) is 23.9 Å². The van der Waals surface area contributed by atoms with Gasteiger partial charge in [-0.25, -0.2) is 0 Å². The molecule has 0 amide bonds. The molecule has 1 aromatic carbocycles. The third-order valence-electron chi connectivity index (χ3n) is 3.18. The van der Waals surface area contributed by atoms with Crippen molar-refractivity contribution >= 4 is 17.7 Å². The highest BCUT2D eigenvalue weighted by Crippen LogP contribution is 2.28. The van der Waals surface area contributed by atoms with E-state index in [1.54, 1.807) is 31.2 Å². The zero-order chi connectivity index (χ0) is 14.9. The lowest BCUT2D eigenvalue weighted by molar-refractivity contribution is -0.238. The fourth-order valence-electron chi connectivity index (χ4n) is 2.11. The molecular formula is C15H16O5. The van der Waals surface area contributed by atoms with Gasteiger partial charge in [0.1, 0.15) is 0 Å². The highest BCUT2D eigenvalue weighted by atomic mass is 16.7. The van der Waals surface area contributed by atoms with Crippen LogP contribution in [0.2, 0.25) is 0 Å².